The maximum Gasteiger partial charge on any atom is 0.311 e. The number of nitro groups is 1. The van der Waals surface area contributed by atoms with Gasteiger partial charge in [-0.2, -0.15) is 0 Å². The zero-order valence-electron chi connectivity index (χ0n) is 14.3. The first-order chi connectivity index (χ1) is 11.2. The molecule has 126 valence electrons. The number of benzene rings is 2. The summed E-state index contributed by atoms with van der Waals surface area (Å²) in [6.45, 7) is 8.01. The van der Waals surface area contributed by atoms with Gasteiger partial charge in [0.15, 0.2) is 11.5 Å². The second kappa shape index (κ2) is 6.83. The first-order valence-electron chi connectivity index (χ1n) is 7.70. The molecule has 0 amide bonds. The van der Waals surface area contributed by atoms with E-state index in [1.807, 2.05) is 24.3 Å². The van der Waals surface area contributed by atoms with Crippen LogP contribution >= 0.6 is 0 Å². The van der Waals surface area contributed by atoms with Gasteiger partial charge in [-0.15, -0.1) is 0 Å². The lowest BCUT2D eigenvalue weighted by Gasteiger charge is -2.19. The molecular weight excluding hydrogens is 306 g/mol. The van der Waals surface area contributed by atoms with Crippen LogP contribution in [0.25, 0.3) is 0 Å². The Morgan fingerprint density at radius 3 is 2.25 bits per heavy atom. The zero-order chi connectivity index (χ0) is 17.9. The highest BCUT2D eigenvalue weighted by Crippen LogP contribution is 2.29. The average Bonchev–Trinajstić information content (AvgIpc) is 2.52. The largest absolute Gasteiger partial charge is 0.482 e. The molecule has 0 aliphatic carbocycles. The van der Waals surface area contributed by atoms with Crippen LogP contribution in [0.2, 0.25) is 0 Å². The fourth-order valence-electron chi connectivity index (χ4n) is 2.26. The van der Waals surface area contributed by atoms with Crippen LogP contribution in [0.5, 0.6) is 5.75 Å². The predicted octanol–water partition coefficient (Wildman–Crippen LogP) is 4.67. The van der Waals surface area contributed by atoms with Crippen LogP contribution < -0.4 is 4.74 Å². The van der Waals surface area contributed by atoms with Gasteiger partial charge in [-0.1, -0.05) is 45.0 Å². The number of nitrogens with zero attached hydrogens (tertiary/aromatic N) is 1. The molecule has 0 atom stereocenters. The van der Waals surface area contributed by atoms with Gasteiger partial charge in [0.25, 0.3) is 0 Å². The molecule has 24 heavy (non-hydrogen) atoms. The lowest BCUT2D eigenvalue weighted by Crippen LogP contribution is -2.10. The van der Waals surface area contributed by atoms with Crippen LogP contribution in [0, 0.1) is 10.1 Å². The molecule has 0 saturated carbocycles. The standard InChI is InChI=1S/C19H21NO4/c1-13(21)15-7-10-18(17(11-15)20(22)23)24-12-14-5-8-16(9-6-14)19(2,3)4/h5-11H,12H2,1-4H3. The second-order valence-electron chi connectivity index (χ2n) is 6.73. The summed E-state index contributed by atoms with van der Waals surface area (Å²) in [4.78, 5) is 22.0. The van der Waals surface area contributed by atoms with Crippen molar-refractivity contribution >= 4 is 11.5 Å². The monoisotopic (exact) mass is 327 g/mol. The predicted molar refractivity (Wildman–Crippen MR) is 92.6 cm³/mol. The third-order valence-corrected chi connectivity index (χ3v) is 3.78. The number of hydrogen-bond donors (Lipinski definition) is 0. The van der Waals surface area contributed by atoms with Crippen LogP contribution in [0.4, 0.5) is 5.69 Å². The van der Waals surface area contributed by atoms with Crippen LogP contribution in [-0.2, 0) is 12.0 Å². The van der Waals surface area contributed by atoms with Crippen molar-refractivity contribution in [2.75, 3.05) is 0 Å². The Balaban J connectivity index is 2.17. The SMILES string of the molecule is CC(=O)c1ccc(OCc2ccc(C(C)(C)C)cc2)c([N+](=O)[O-])c1. The normalized spacial score (nSPS) is 11.2. The molecule has 0 aliphatic rings. The summed E-state index contributed by atoms with van der Waals surface area (Å²) >= 11 is 0. The molecule has 2 aromatic rings. The minimum atomic E-state index is -0.537. The quantitative estimate of drug-likeness (QED) is 0.454. The summed E-state index contributed by atoms with van der Waals surface area (Å²) in [6, 6.07) is 12.2. The smallest absolute Gasteiger partial charge is 0.311 e. The van der Waals surface area contributed by atoms with E-state index < -0.39 is 4.92 Å². The minimum Gasteiger partial charge on any atom is -0.482 e. The highest BCUT2D eigenvalue weighted by atomic mass is 16.6. The van der Waals surface area contributed by atoms with Gasteiger partial charge >= 0.3 is 5.69 Å². The molecular formula is C19H21NO4. The van der Waals surface area contributed by atoms with E-state index in [0.717, 1.165) is 5.56 Å². The maximum atomic E-state index is 11.4. The summed E-state index contributed by atoms with van der Waals surface area (Å²) in [5.41, 5.74) is 2.30. The van der Waals surface area contributed by atoms with E-state index in [1.165, 1.54) is 30.7 Å². The molecule has 0 heterocycles. The Bertz CT molecular complexity index is 758. The molecule has 0 N–H and O–H groups in total. The van der Waals surface area contributed by atoms with Gasteiger partial charge in [0, 0.05) is 11.6 Å². The van der Waals surface area contributed by atoms with Crippen LogP contribution in [-0.4, -0.2) is 10.7 Å². The Labute approximate surface area is 141 Å². The van der Waals surface area contributed by atoms with Gasteiger partial charge in [-0.25, -0.2) is 0 Å². The fraction of sp³-hybridized carbons (Fsp3) is 0.316. The van der Waals surface area contributed by atoms with Gasteiger partial charge in [0.1, 0.15) is 6.61 Å². The van der Waals surface area contributed by atoms with E-state index in [0.29, 0.717) is 5.56 Å². The molecule has 0 fully saturated rings. The summed E-state index contributed by atoms with van der Waals surface area (Å²) < 4.78 is 5.59. The molecule has 2 rings (SSSR count). The van der Waals surface area contributed by atoms with E-state index in [2.05, 4.69) is 20.8 Å². The van der Waals surface area contributed by atoms with E-state index in [9.17, 15) is 14.9 Å². The zero-order valence-corrected chi connectivity index (χ0v) is 14.3. The molecule has 0 saturated heterocycles. The van der Waals surface area contributed by atoms with Crippen molar-refractivity contribution < 1.29 is 14.5 Å². The maximum absolute atomic E-state index is 11.4. The summed E-state index contributed by atoms with van der Waals surface area (Å²) in [5, 5.41) is 11.2. The molecule has 2 aromatic carbocycles. The minimum absolute atomic E-state index is 0.0701. The van der Waals surface area contributed by atoms with Crippen molar-refractivity contribution in [3.63, 3.8) is 0 Å². The lowest BCUT2D eigenvalue weighted by molar-refractivity contribution is -0.386. The van der Waals surface area contributed by atoms with Gasteiger partial charge in [0.05, 0.1) is 4.92 Å². The molecule has 5 heteroatoms. The number of Topliss-reactive ketones (excluding diaryl/α,β-unsaturated/α-hetero) is 1. The number of ketones is 1. The molecule has 5 nitrogen and oxygen atoms in total. The van der Waals surface area contributed by atoms with E-state index >= 15 is 0 Å². The Kier molecular flexibility index (Phi) is 5.02. The van der Waals surface area contributed by atoms with E-state index in [1.54, 1.807) is 0 Å². The van der Waals surface area contributed by atoms with Gasteiger partial charge < -0.3 is 4.74 Å². The van der Waals surface area contributed by atoms with Crippen LogP contribution in [0.1, 0.15) is 49.2 Å². The first-order valence-corrected chi connectivity index (χ1v) is 7.70. The summed E-state index contributed by atoms with van der Waals surface area (Å²) in [6.07, 6.45) is 0. The average molecular weight is 327 g/mol. The lowest BCUT2D eigenvalue weighted by atomic mass is 9.87. The molecule has 0 aromatic heterocycles. The number of ether oxygens (including phenoxy) is 1. The number of carbonyl (C=O) groups excluding carboxylic acids is 1. The summed E-state index contributed by atoms with van der Waals surface area (Å²) in [7, 11) is 0. The van der Waals surface area contributed by atoms with Crippen molar-refractivity contribution in [3.8, 4) is 5.75 Å². The van der Waals surface area contributed by atoms with Gasteiger partial charge in [-0.3, -0.25) is 14.9 Å². The second-order valence-corrected chi connectivity index (χ2v) is 6.73. The number of carbonyl (C=O) groups is 1. The number of rotatable bonds is 5. The van der Waals surface area contributed by atoms with E-state index in [4.69, 9.17) is 4.74 Å². The molecule has 0 unspecified atom stereocenters. The molecule has 0 radical (unpaired) electrons. The topological polar surface area (TPSA) is 69.4 Å². The third kappa shape index (κ3) is 4.19. The van der Waals surface area contributed by atoms with Crippen molar-refractivity contribution in [2.45, 2.75) is 39.7 Å². The van der Waals surface area contributed by atoms with Crippen LogP contribution in [0.15, 0.2) is 42.5 Å². The number of nitro benzene ring substituents is 1. The fourth-order valence-corrected chi connectivity index (χ4v) is 2.26. The molecule has 0 spiro atoms. The Morgan fingerprint density at radius 2 is 1.75 bits per heavy atom. The third-order valence-electron chi connectivity index (χ3n) is 3.78. The van der Waals surface area contributed by atoms with Gasteiger partial charge in [0.2, 0.25) is 0 Å². The van der Waals surface area contributed by atoms with Crippen molar-refractivity contribution in [3.05, 3.63) is 69.3 Å². The number of hydrogen-bond acceptors (Lipinski definition) is 4. The van der Waals surface area contributed by atoms with Crippen molar-refractivity contribution in [1.82, 2.24) is 0 Å². The molecule has 0 aliphatic heterocycles. The summed E-state index contributed by atoms with van der Waals surface area (Å²) in [5.74, 6) is -0.0627. The van der Waals surface area contributed by atoms with Gasteiger partial charge in [-0.05, 0) is 35.6 Å². The highest BCUT2D eigenvalue weighted by Gasteiger charge is 2.18. The first kappa shape index (κ1) is 17.7. The molecule has 0 bridgehead atoms. The van der Waals surface area contributed by atoms with Crippen molar-refractivity contribution in [2.24, 2.45) is 0 Å². The van der Waals surface area contributed by atoms with E-state index in [-0.39, 0.29) is 29.2 Å². The highest BCUT2D eigenvalue weighted by molar-refractivity contribution is 5.95. The Morgan fingerprint density at radius 1 is 1.12 bits per heavy atom. The Hall–Kier alpha value is -2.69. The van der Waals surface area contributed by atoms with Crippen LogP contribution in [0.3, 0.4) is 0 Å². The van der Waals surface area contributed by atoms with Crippen molar-refractivity contribution in [1.29, 1.82) is 0 Å².